The zero-order chi connectivity index (χ0) is 13.2. The van der Waals surface area contributed by atoms with Crippen molar-refractivity contribution in [1.29, 1.82) is 0 Å². The van der Waals surface area contributed by atoms with E-state index in [-0.39, 0.29) is 0 Å². The first-order valence-electron chi connectivity index (χ1n) is 8.08. The molecule has 2 fully saturated rings. The molecule has 19 heavy (non-hydrogen) atoms. The van der Waals surface area contributed by atoms with Crippen LogP contribution >= 0.6 is 0 Å². The molecule has 0 radical (unpaired) electrons. The van der Waals surface area contributed by atoms with Crippen LogP contribution in [-0.4, -0.2) is 22.4 Å². The zero-order valence-electron chi connectivity index (χ0n) is 12.3. The summed E-state index contributed by atoms with van der Waals surface area (Å²) in [4.78, 5) is 0. The average Bonchev–Trinajstić information content (AvgIpc) is 2.85. The van der Waals surface area contributed by atoms with E-state index in [1.165, 1.54) is 31.2 Å². The first-order valence-corrected chi connectivity index (χ1v) is 8.08. The van der Waals surface area contributed by atoms with E-state index in [2.05, 4.69) is 36.7 Å². The molecule has 0 bridgehead atoms. The highest BCUT2D eigenvalue weighted by Crippen LogP contribution is 2.59. The lowest BCUT2D eigenvalue weighted by Gasteiger charge is -2.19. The summed E-state index contributed by atoms with van der Waals surface area (Å²) < 4.78 is 2.04. The Morgan fingerprint density at radius 2 is 2.16 bits per heavy atom. The second-order valence-corrected chi connectivity index (χ2v) is 6.30. The van der Waals surface area contributed by atoms with Crippen LogP contribution in [-0.2, 0) is 13.0 Å². The molecule has 0 spiro atoms. The molecule has 0 aliphatic heterocycles. The van der Waals surface area contributed by atoms with Gasteiger partial charge in [-0.2, -0.15) is 5.10 Å². The van der Waals surface area contributed by atoms with Gasteiger partial charge in [0.05, 0.1) is 6.20 Å². The number of aromatic nitrogens is 2. The summed E-state index contributed by atoms with van der Waals surface area (Å²) in [6.45, 7) is 6.53. The van der Waals surface area contributed by atoms with Crippen LogP contribution in [0.4, 0.5) is 0 Å². The van der Waals surface area contributed by atoms with E-state index in [0.717, 1.165) is 37.3 Å². The largest absolute Gasteiger partial charge is 0.313 e. The van der Waals surface area contributed by atoms with Crippen LogP contribution in [0.15, 0.2) is 12.4 Å². The maximum atomic E-state index is 4.41. The van der Waals surface area contributed by atoms with Crippen LogP contribution in [0.1, 0.15) is 45.1 Å². The number of fused-ring (bicyclic) bond motifs is 1. The molecule has 3 rings (SSSR count). The van der Waals surface area contributed by atoms with E-state index < -0.39 is 0 Å². The van der Waals surface area contributed by atoms with Gasteiger partial charge in [-0.3, -0.25) is 4.68 Å². The SMILES string of the molecule is CCCNC(Cc1cnn(CC)c1)C1C2CCCC21. The van der Waals surface area contributed by atoms with E-state index in [9.17, 15) is 0 Å². The number of rotatable bonds is 7. The van der Waals surface area contributed by atoms with Crippen molar-refractivity contribution in [2.75, 3.05) is 6.54 Å². The summed E-state index contributed by atoms with van der Waals surface area (Å²) >= 11 is 0. The van der Waals surface area contributed by atoms with Crippen LogP contribution in [0.3, 0.4) is 0 Å². The molecule has 1 aromatic heterocycles. The normalized spacial score (nSPS) is 30.3. The smallest absolute Gasteiger partial charge is 0.0522 e. The predicted molar refractivity (Wildman–Crippen MR) is 78.0 cm³/mol. The molecule has 3 nitrogen and oxygen atoms in total. The minimum absolute atomic E-state index is 0.685. The van der Waals surface area contributed by atoms with Crippen LogP contribution in [0.2, 0.25) is 0 Å². The van der Waals surface area contributed by atoms with Crippen molar-refractivity contribution in [2.45, 2.75) is 58.5 Å². The van der Waals surface area contributed by atoms with E-state index in [1.807, 2.05) is 4.68 Å². The summed E-state index contributed by atoms with van der Waals surface area (Å²) in [5, 5.41) is 8.21. The first kappa shape index (κ1) is 13.2. The fraction of sp³-hybridized carbons (Fsp3) is 0.812. The van der Waals surface area contributed by atoms with Crippen LogP contribution in [0.5, 0.6) is 0 Å². The number of hydrogen-bond donors (Lipinski definition) is 1. The van der Waals surface area contributed by atoms with Crippen molar-refractivity contribution < 1.29 is 0 Å². The molecule has 3 unspecified atom stereocenters. The van der Waals surface area contributed by atoms with E-state index in [1.54, 1.807) is 0 Å². The summed E-state index contributed by atoms with van der Waals surface area (Å²) in [6, 6.07) is 0.685. The van der Waals surface area contributed by atoms with Gasteiger partial charge < -0.3 is 5.32 Å². The summed E-state index contributed by atoms with van der Waals surface area (Å²) in [6.07, 6.45) is 11.1. The van der Waals surface area contributed by atoms with Crippen LogP contribution < -0.4 is 5.32 Å². The molecule has 2 aliphatic rings. The van der Waals surface area contributed by atoms with Gasteiger partial charge >= 0.3 is 0 Å². The monoisotopic (exact) mass is 261 g/mol. The predicted octanol–water partition coefficient (Wildman–Crippen LogP) is 2.86. The number of hydrogen-bond acceptors (Lipinski definition) is 2. The highest BCUT2D eigenvalue weighted by atomic mass is 15.3. The topological polar surface area (TPSA) is 29.9 Å². The molecule has 0 amide bonds. The quantitative estimate of drug-likeness (QED) is 0.818. The Bertz CT molecular complexity index is 402. The minimum Gasteiger partial charge on any atom is -0.313 e. The summed E-state index contributed by atoms with van der Waals surface area (Å²) in [5.74, 6) is 3.02. The lowest BCUT2D eigenvalue weighted by atomic mass is 9.98. The molecule has 2 aliphatic carbocycles. The molecule has 1 N–H and O–H groups in total. The molecule has 1 heterocycles. The Labute approximate surface area is 116 Å². The first-order chi connectivity index (χ1) is 9.33. The molecule has 2 saturated carbocycles. The lowest BCUT2D eigenvalue weighted by Crippen LogP contribution is -2.35. The third-order valence-corrected chi connectivity index (χ3v) is 5.06. The number of aryl methyl sites for hydroxylation is 1. The zero-order valence-corrected chi connectivity index (χ0v) is 12.3. The highest BCUT2D eigenvalue weighted by Gasteiger charge is 2.55. The van der Waals surface area contributed by atoms with Crippen molar-refractivity contribution in [3.8, 4) is 0 Å². The van der Waals surface area contributed by atoms with E-state index in [0.29, 0.717) is 6.04 Å². The second-order valence-electron chi connectivity index (χ2n) is 6.30. The van der Waals surface area contributed by atoms with Crippen molar-refractivity contribution in [3.63, 3.8) is 0 Å². The van der Waals surface area contributed by atoms with Crippen LogP contribution in [0, 0.1) is 17.8 Å². The molecule has 1 aromatic rings. The molecular weight excluding hydrogens is 234 g/mol. The Balaban J connectivity index is 1.62. The average molecular weight is 261 g/mol. The Hall–Kier alpha value is -0.830. The Morgan fingerprint density at radius 1 is 1.37 bits per heavy atom. The summed E-state index contributed by atoms with van der Waals surface area (Å²) in [5.41, 5.74) is 1.40. The van der Waals surface area contributed by atoms with Gasteiger partial charge in [0.15, 0.2) is 0 Å². The van der Waals surface area contributed by atoms with Gasteiger partial charge in [-0.05, 0) is 62.5 Å². The molecular formula is C16H27N3. The van der Waals surface area contributed by atoms with Crippen molar-refractivity contribution in [1.82, 2.24) is 15.1 Å². The van der Waals surface area contributed by atoms with Gasteiger partial charge in [-0.15, -0.1) is 0 Å². The van der Waals surface area contributed by atoms with Gasteiger partial charge in [0.25, 0.3) is 0 Å². The van der Waals surface area contributed by atoms with Gasteiger partial charge in [-0.1, -0.05) is 13.3 Å². The maximum absolute atomic E-state index is 4.41. The van der Waals surface area contributed by atoms with Crippen molar-refractivity contribution in [2.24, 2.45) is 17.8 Å². The van der Waals surface area contributed by atoms with Gasteiger partial charge in [0.1, 0.15) is 0 Å². The second kappa shape index (κ2) is 5.66. The molecule has 3 heteroatoms. The summed E-state index contributed by atoms with van der Waals surface area (Å²) in [7, 11) is 0. The Kier molecular flexibility index (Phi) is 3.92. The van der Waals surface area contributed by atoms with Crippen molar-refractivity contribution in [3.05, 3.63) is 18.0 Å². The minimum atomic E-state index is 0.685. The number of nitrogens with zero attached hydrogens (tertiary/aromatic N) is 2. The molecule has 3 atom stereocenters. The molecule has 0 aromatic carbocycles. The fourth-order valence-corrected chi connectivity index (χ4v) is 4.09. The lowest BCUT2D eigenvalue weighted by molar-refractivity contribution is 0.403. The van der Waals surface area contributed by atoms with E-state index >= 15 is 0 Å². The molecule has 0 saturated heterocycles. The third-order valence-electron chi connectivity index (χ3n) is 5.06. The maximum Gasteiger partial charge on any atom is 0.0522 e. The van der Waals surface area contributed by atoms with Gasteiger partial charge in [0, 0.05) is 18.8 Å². The highest BCUT2D eigenvalue weighted by molar-refractivity contribution is 5.13. The van der Waals surface area contributed by atoms with Gasteiger partial charge in [-0.25, -0.2) is 0 Å². The number of nitrogens with one attached hydrogen (secondary N) is 1. The van der Waals surface area contributed by atoms with Crippen molar-refractivity contribution >= 4 is 0 Å². The Morgan fingerprint density at radius 3 is 2.79 bits per heavy atom. The third kappa shape index (κ3) is 2.71. The van der Waals surface area contributed by atoms with Crippen LogP contribution in [0.25, 0.3) is 0 Å². The molecule has 106 valence electrons. The fourth-order valence-electron chi connectivity index (χ4n) is 4.09. The van der Waals surface area contributed by atoms with Gasteiger partial charge in [0.2, 0.25) is 0 Å². The standard InChI is InChI=1S/C16H27N3/c1-3-8-17-15(16-13-6-5-7-14(13)16)9-12-10-18-19(4-2)11-12/h10-11,13-17H,3-9H2,1-2H3. The van der Waals surface area contributed by atoms with E-state index in [4.69, 9.17) is 0 Å².